The Balaban J connectivity index is 1.79. The third-order valence-corrected chi connectivity index (χ3v) is 4.78. The first-order chi connectivity index (χ1) is 12.7. The lowest BCUT2D eigenvalue weighted by Gasteiger charge is -2.05. The highest BCUT2D eigenvalue weighted by molar-refractivity contribution is 5.69. The van der Waals surface area contributed by atoms with Gasteiger partial charge in [-0.05, 0) is 18.4 Å². The van der Waals surface area contributed by atoms with Crippen molar-refractivity contribution in [3.63, 3.8) is 0 Å². The molecular weight excluding hydrogens is 322 g/mol. The van der Waals surface area contributed by atoms with Gasteiger partial charge in [-0.1, -0.05) is 90.5 Å². The van der Waals surface area contributed by atoms with Crippen molar-refractivity contribution in [2.75, 3.05) is 0 Å². The maximum absolute atomic E-state index is 11.7. The second-order valence-electron chi connectivity index (χ2n) is 7.84. The van der Waals surface area contributed by atoms with Gasteiger partial charge in [0.25, 0.3) is 0 Å². The smallest absolute Gasteiger partial charge is 0.306 e. The summed E-state index contributed by atoms with van der Waals surface area (Å²) in [7, 11) is 0. The van der Waals surface area contributed by atoms with Crippen molar-refractivity contribution in [3.8, 4) is 0 Å². The Kier molecular flexibility index (Phi) is 13.8. The summed E-state index contributed by atoms with van der Waals surface area (Å²) in [4.78, 5) is 15.7. The Hall–Kier alpha value is -1.38. The summed E-state index contributed by atoms with van der Waals surface area (Å²) in [5.74, 6) is 0.768. The van der Waals surface area contributed by atoms with Gasteiger partial charge in [0.05, 0.1) is 0 Å². The molecule has 0 fully saturated rings. The summed E-state index contributed by atoms with van der Waals surface area (Å²) in [6, 6.07) is 3.78. The molecule has 0 atom stereocenters. The SMILES string of the molecule is CC(C)CCCCCCCCCCCCCC(=O)OCc1cccnc1. The first-order valence-electron chi connectivity index (χ1n) is 10.7. The van der Waals surface area contributed by atoms with Crippen molar-refractivity contribution in [1.82, 2.24) is 4.98 Å². The fraction of sp³-hybridized carbons (Fsp3) is 0.739. The van der Waals surface area contributed by atoms with Gasteiger partial charge in [0.2, 0.25) is 0 Å². The van der Waals surface area contributed by atoms with Gasteiger partial charge in [0.1, 0.15) is 6.61 Å². The summed E-state index contributed by atoms with van der Waals surface area (Å²) < 4.78 is 5.26. The number of esters is 1. The zero-order valence-electron chi connectivity index (χ0n) is 17.0. The minimum absolute atomic E-state index is 0.0914. The van der Waals surface area contributed by atoms with Crippen molar-refractivity contribution in [2.45, 2.75) is 104 Å². The van der Waals surface area contributed by atoms with E-state index in [-0.39, 0.29) is 5.97 Å². The van der Waals surface area contributed by atoms with Crippen LogP contribution in [0.15, 0.2) is 24.5 Å². The van der Waals surface area contributed by atoms with Gasteiger partial charge in [0.15, 0.2) is 0 Å². The fourth-order valence-electron chi connectivity index (χ4n) is 3.13. The van der Waals surface area contributed by atoms with Crippen LogP contribution >= 0.6 is 0 Å². The summed E-state index contributed by atoms with van der Waals surface area (Å²) in [5.41, 5.74) is 0.945. The number of hydrogen-bond acceptors (Lipinski definition) is 3. The maximum atomic E-state index is 11.7. The molecule has 0 radical (unpaired) electrons. The average Bonchev–Trinajstić information content (AvgIpc) is 2.64. The number of aromatic nitrogens is 1. The molecule has 0 amide bonds. The van der Waals surface area contributed by atoms with E-state index in [0.29, 0.717) is 13.0 Å². The molecule has 0 bridgehead atoms. The molecule has 0 unspecified atom stereocenters. The van der Waals surface area contributed by atoms with Crippen molar-refractivity contribution < 1.29 is 9.53 Å². The number of ether oxygens (including phenoxy) is 1. The largest absolute Gasteiger partial charge is 0.461 e. The maximum Gasteiger partial charge on any atom is 0.306 e. The molecule has 1 aromatic rings. The summed E-state index contributed by atoms with van der Waals surface area (Å²) in [5, 5.41) is 0. The molecule has 148 valence electrons. The van der Waals surface area contributed by atoms with E-state index in [1.54, 1.807) is 12.4 Å². The predicted molar refractivity (Wildman–Crippen MR) is 109 cm³/mol. The topological polar surface area (TPSA) is 39.2 Å². The van der Waals surface area contributed by atoms with Crippen LogP contribution in [0.3, 0.4) is 0 Å². The van der Waals surface area contributed by atoms with Crippen LogP contribution in [0.4, 0.5) is 0 Å². The van der Waals surface area contributed by atoms with Crippen LogP contribution < -0.4 is 0 Å². The molecule has 26 heavy (non-hydrogen) atoms. The minimum atomic E-state index is -0.0914. The lowest BCUT2D eigenvalue weighted by Crippen LogP contribution is -2.04. The number of pyridine rings is 1. The Morgan fingerprint density at radius 3 is 2.04 bits per heavy atom. The lowest BCUT2D eigenvalue weighted by atomic mass is 10.0. The molecule has 0 aliphatic heterocycles. The molecule has 0 aliphatic carbocycles. The van der Waals surface area contributed by atoms with E-state index in [9.17, 15) is 4.79 Å². The third-order valence-electron chi connectivity index (χ3n) is 4.78. The highest BCUT2D eigenvalue weighted by atomic mass is 16.5. The molecule has 1 aromatic heterocycles. The van der Waals surface area contributed by atoms with E-state index in [1.807, 2.05) is 12.1 Å². The molecule has 0 aliphatic rings. The zero-order chi connectivity index (χ0) is 18.9. The zero-order valence-corrected chi connectivity index (χ0v) is 17.0. The second kappa shape index (κ2) is 15.8. The van der Waals surface area contributed by atoms with E-state index in [2.05, 4.69) is 18.8 Å². The highest BCUT2D eigenvalue weighted by Gasteiger charge is 2.03. The monoisotopic (exact) mass is 361 g/mol. The van der Waals surface area contributed by atoms with Gasteiger partial charge in [-0.25, -0.2) is 0 Å². The van der Waals surface area contributed by atoms with Crippen LogP contribution in [-0.4, -0.2) is 11.0 Å². The Morgan fingerprint density at radius 1 is 0.923 bits per heavy atom. The van der Waals surface area contributed by atoms with E-state index in [4.69, 9.17) is 4.74 Å². The minimum Gasteiger partial charge on any atom is -0.461 e. The number of hydrogen-bond donors (Lipinski definition) is 0. The molecular formula is C23H39NO2. The second-order valence-corrected chi connectivity index (χ2v) is 7.84. The van der Waals surface area contributed by atoms with E-state index < -0.39 is 0 Å². The van der Waals surface area contributed by atoms with Crippen LogP contribution in [-0.2, 0) is 16.1 Å². The molecule has 0 spiro atoms. The number of nitrogens with zero attached hydrogens (tertiary/aromatic N) is 1. The Labute approximate surface area is 160 Å². The van der Waals surface area contributed by atoms with Crippen molar-refractivity contribution in [2.24, 2.45) is 5.92 Å². The normalized spacial score (nSPS) is 11.0. The van der Waals surface area contributed by atoms with Crippen LogP contribution in [0.25, 0.3) is 0 Å². The number of carbonyl (C=O) groups is 1. The molecule has 0 saturated carbocycles. The molecule has 3 heteroatoms. The number of unbranched alkanes of at least 4 members (excludes halogenated alkanes) is 10. The first kappa shape index (κ1) is 22.7. The van der Waals surface area contributed by atoms with Gasteiger partial charge >= 0.3 is 5.97 Å². The van der Waals surface area contributed by atoms with Gasteiger partial charge in [-0.2, -0.15) is 0 Å². The van der Waals surface area contributed by atoms with Crippen molar-refractivity contribution >= 4 is 5.97 Å². The quantitative estimate of drug-likeness (QED) is 0.239. The number of carbonyl (C=O) groups excluding carboxylic acids is 1. The van der Waals surface area contributed by atoms with Gasteiger partial charge < -0.3 is 4.74 Å². The van der Waals surface area contributed by atoms with E-state index >= 15 is 0 Å². The number of rotatable bonds is 16. The molecule has 0 aromatic carbocycles. The highest BCUT2D eigenvalue weighted by Crippen LogP contribution is 2.14. The fourth-order valence-corrected chi connectivity index (χ4v) is 3.13. The summed E-state index contributed by atoms with van der Waals surface area (Å²) >= 11 is 0. The van der Waals surface area contributed by atoms with Crippen LogP contribution in [0.5, 0.6) is 0 Å². The molecule has 0 saturated heterocycles. The van der Waals surface area contributed by atoms with E-state index in [1.165, 1.54) is 64.2 Å². The van der Waals surface area contributed by atoms with E-state index in [0.717, 1.165) is 24.3 Å². The average molecular weight is 362 g/mol. The summed E-state index contributed by atoms with van der Waals surface area (Å²) in [6.45, 7) is 4.96. The third kappa shape index (κ3) is 13.9. The summed E-state index contributed by atoms with van der Waals surface area (Å²) in [6.07, 6.45) is 19.7. The standard InChI is InChI=1S/C23H39NO2/c1-21(2)15-12-10-8-6-4-3-5-7-9-11-13-17-23(25)26-20-22-16-14-18-24-19-22/h14,16,18-19,21H,3-13,15,17,20H2,1-2H3. The van der Waals surface area contributed by atoms with Gasteiger partial charge in [0, 0.05) is 24.4 Å². The molecule has 1 heterocycles. The Morgan fingerprint density at radius 2 is 1.50 bits per heavy atom. The van der Waals surface area contributed by atoms with Gasteiger partial charge in [-0.3, -0.25) is 9.78 Å². The predicted octanol–water partition coefficient (Wildman–Crippen LogP) is 6.85. The van der Waals surface area contributed by atoms with Crippen molar-refractivity contribution in [3.05, 3.63) is 30.1 Å². The molecule has 3 nitrogen and oxygen atoms in total. The van der Waals surface area contributed by atoms with Crippen molar-refractivity contribution in [1.29, 1.82) is 0 Å². The molecule has 0 N–H and O–H groups in total. The lowest BCUT2D eigenvalue weighted by molar-refractivity contribution is -0.145. The van der Waals surface area contributed by atoms with Crippen LogP contribution in [0, 0.1) is 5.92 Å². The van der Waals surface area contributed by atoms with Crippen LogP contribution in [0.1, 0.15) is 103 Å². The first-order valence-corrected chi connectivity index (χ1v) is 10.7. The molecule has 1 rings (SSSR count). The Bertz CT molecular complexity index is 445. The van der Waals surface area contributed by atoms with Gasteiger partial charge in [-0.15, -0.1) is 0 Å². The van der Waals surface area contributed by atoms with Crippen LogP contribution in [0.2, 0.25) is 0 Å².